The van der Waals surface area contributed by atoms with Crippen LogP contribution in [-0.4, -0.2) is 13.7 Å². The number of hydrogen-bond acceptors (Lipinski definition) is 2. The molecule has 1 saturated carbocycles. The van der Waals surface area contributed by atoms with Crippen LogP contribution in [0.1, 0.15) is 39.0 Å². The zero-order valence-electron chi connectivity index (χ0n) is 7.56. The fraction of sp³-hybridized carbons (Fsp3) is 1.00. The van der Waals surface area contributed by atoms with Gasteiger partial charge in [-0.2, -0.15) is 0 Å². The topological polar surface area (TPSA) is 18.5 Å². The second-order valence-corrected chi connectivity index (χ2v) is 3.80. The van der Waals surface area contributed by atoms with E-state index in [4.69, 9.17) is 4.89 Å². The molecule has 0 bridgehead atoms. The van der Waals surface area contributed by atoms with Crippen molar-refractivity contribution in [3.63, 3.8) is 0 Å². The fourth-order valence-corrected chi connectivity index (χ4v) is 1.75. The maximum atomic E-state index is 4.98. The van der Waals surface area contributed by atoms with Crippen molar-refractivity contribution in [1.29, 1.82) is 0 Å². The summed E-state index contributed by atoms with van der Waals surface area (Å²) in [6.07, 6.45) is 6.67. The van der Waals surface area contributed by atoms with Crippen molar-refractivity contribution >= 4 is 0 Å². The second-order valence-electron chi connectivity index (χ2n) is 3.80. The summed E-state index contributed by atoms with van der Waals surface area (Å²) in [7, 11) is 1.58. The van der Waals surface area contributed by atoms with Crippen LogP contribution in [0.5, 0.6) is 0 Å². The van der Waals surface area contributed by atoms with Crippen LogP contribution in [0, 0.1) is 5.41 Å². The number of hydrogen-bond donors (Lipinski definition) is 0. The van der Waals surface area contributed by atoms with Crippen molar-refractivity contribution in [2.45, 2.75) is 39.0 Å². The van der Waals surface area contributed by atoms with Gasteiger partial charge in [0.15, 0.2) is 0 Å². The predicted octanol–water partition coefficient (Wildman–Crippen LogP) is 2.53. The predicted molar refractivity (Wildman–Crippen MR) is 44.2 cm³/mol. The van der Waals surface area contributed by atoms with Gasteiger partial charge in [0.2, 0.25) is 0 Å². The van der Waals surface area contributed by atoms with Crippen molar-refractivity contribution in [2.75, 3.05) is 13.7 Å². The van der Waals surface area contributed by atoms with Crippen LogP contribution < -0.4 is 0 Å². The Morgan fingerprint density at radius 3 is 2.36 bits per heavy atom. The molecule has 0 heterocycles. The Kier molecular flexibility index (Phi) is 3.34. The molecule has 1 aliphatic rings. The lowest BCUT2D eigenvalue weighted by molar-refractivity contribution is -0.290. The summed E-state index contributed by atoms with van der Waals surface area (Å²) in [5.41, 5.74) is 0.383. The van der Waals surface area contributed by atoms with Crippen molar-refractivity contribution in [3.8, 4) is 0 Å². The van der Waals surface area contributed by atoms with Crippen molar-refractivity contribution in [1.82, 2.24) is 0 Å². The highest BCUT2D eigenvalue weighted by Crippen LogP contribution is 2.35. The molecule has 1 aliphatic carbocycles. The summed E-state index contributed by atoms with van der Waals surface area (Å²) in [5, 5.41) is 0. The largest absolute Gasteiger partial charge is 0.240 e. The van der Waals surface area contributed by atoms with Gasteiger partial charge in [0.1, 0.15) is 0 Å². The average Bonchev–Trinajstić information content (AvgIpc) is 2.03. The van der Waals surface area contributed by atoms with Gasteiger partial charge in [0.25, 0.3) is 0 Å². The Balaban J connectivity index is 2.25. The first kappa shape index (κ1) is 9.01. The van der Waals surface area contributed by atoms with E-state index in [0.717, 1.165) is 6.61 Å². The Morgan fingerprint density at radius 2 is 1.82 bits per heavy atom. The molecule has 2 nitrogen and oxygen atoms in total. The lowest BCUT2D eigenvalue weighted by Gasteiger charge is -2.32. The van der Waals surface area contributed by atoms with E-state index < -0.39 is 0 Å². The van der Waals surface area contributed by atoms with Crippen molar-refractivity contribution in [2.24, 2.45) is 5.41 Å². The van der Waals surface area contributed by atoms with E-state index in [0.29, 0.717) is 5.41 Å². The van der Waals surface area contributed by atoms with Gasteiger partial charge in [-0.15, -0.1) is 0 Å². The van der Waals surface area contributed by atoms with Gasteiger partial charge in [0, 0.05) is 0 Å². The summed E-state index contributed by atoms with van der Waals surface area (Å²) in [6.45, 7) is 3.04. The number of rotatable bonds is 3. The molecule has 11 heavy (non-hydrogen) atoms. The quantitative estimate of drug-likeness (QED) is 0.464. The Bertz CT molecular complexity index is 106. The van der Waals surface area contributed by atoms with Gasteiger partial charge >= 0.3 is 0 Å². The molecule has 1 rings (SSSR count). The summed E-state index contributed by atoms with van der Waals surface area (Å²) >= 11 is 0. The molecule has 0 saturated heterocycles. The van der Waals surface area contributed by atoms with Crippen LogP contribution in [0.25, 0.3) is 0 Å². The summed E-state index contributed by atoms with van der Waals surface area (Å²) < 4.78 is 0. The van der Waals surface area contributed by atoms with Gasteiger partial charge in [-0.1, -0.05) is 26.2 Å². The molecule has 66 valence electrons. The van der Waals surface area contributed by atoms with E-state index in [1.165, 1.54) is 32.1 Å². The summed E-state index contributed by atoms with van der Waals surface area (Å²) in [6, 6.07) is 0. The molecule has 0 unspecified atom stereocenters. The maximum absolute atomic E-state index is 4.98. The van der Waals surface area contributed by atoms with E-state index >= 15 is 0 Å². The molecule has 0 atom stereocenters. The first-order chi connectivity index (χ1) is 5.27. The highest BCUT2D eigenvalue weighted by atomic mass is 17.2. The zero-order valence-corrected chi connectivity index (χ0v) is 7.56. The molecule has 0 spiro atoms. The third-order valence-corrected chi connectivity index (χ3v) is 2.59. The van der Waals surface area contributed by atoms with Crippen LogP contribution in [0.3, 0.4) is 0 Å². The van der Waals surface area contributed by atoms with Crippen LogP contribution in [0.2, 0.25) is 0 Å². The first-order valence-electron chi connectivity index (χ1n) is 4.42. The Morgan fingerprint density at radius 1 is 1.18 bits per heavy atom. The molecule has 0 radical (unpaired) electrons. The molecular weight excluding hydrogens is 140 g/mol. The van der Waals surface area contributed by atoms with Crippen molar-refractivity contribution < 1.29 is 9.78 Å². The SMILES string of the molecule is COOCC1(C)CCCCC1. The van der Waals surface area contributed by atoms with E-state index in [1.54, 1.807) is 7.11 Å². The zero-order chi connectivity index (χ0) is 8.16. The third kappa shape index (κ3) is 2.80. The Hall–Kier alpha value is -0.0800. The average molecular weight is 158 g/mol. The van der Waals surface area contributed by atoms with Crippen LogP contribution in [0.4, 0.5) is 0 Å². The minimum atomic E-state index is 0.383. The molecule has 0 aromatic rings. The molecule has 0 aliphatic heterocycles. The minimum Gasteiger partial charge on any atom is -0.240 e. The Labute approximate surface area is 68.8 Å². The molecule has 0 N–H and O–H groups in total. The highest BCUT2D eigenvalue weighted by Gasteiger charge is 2.27. The van der Waals surface area contributed by atoms with Gasteiger partial charge in [-0.25, -0.2) is 9.78 Å². The maximum Gasteiger partial charge on any atom is 0.0875 e. The smallest absolute Gasteiger partial charge is 0.0875 e. The molecule has 0 aromatic heterocycles. The van der Waals surface area contributed by atoms with Crippen LogP contribution in [0.15, 0.2) is 0 Å². The van der Waals surface area contributed by atoms with Crippen molar-refractivity contribution in [3.05, 3.63) is 0 Å². The molecule has 0 amide bonds. The third-order valence-electron chi connectivity index (χ3n) is 2.59. The van der Waals surface area contributed by atoms with Crippen LogP contribution >= 0.6 is 0 Å². The van der Waals surface area contributed by atoms with Crippen LogP contribution in [-0.2, 0) is 9.78 Å². The van der Waals surface area contributed by atoms with Gasteiger partial charge in [-0.3, -0.25) is 0 Å². The molecular formula is C9H18O2. The van der Waals surface area contributed by atoms with E-state index in [2.05, 4.69) is 11.8 Å². The lowest BCUT2D eigenvalue weighted by Crippen LogP contribution is -2.25. The van der Waals surface area contributed by atoms with Gasteiger partial charge < -0.3 is 0 Å². The normalized spacial score (nSPS) is 23.5. The minimum absolute atomic E-state index is 0.383. The second kappa shape index (κ2) is 4.07. The fourth-order valence-electron chi connectivity index (χ4n) is 1.75. The lowest BCUT2D eigenvalue weighted by atomic mass is 9.76. The van der Waals surface area contributed by atoms with Gasteiger partial charge in [0.05, 0.1) is 13.7 Å². The molecule has 0 aromatic carbocycles. The summed E-state index contributed by atoms with van der Waals surface area (Å²) in [4.78, 5) is 9.59. The van der Waals surface area contributed by atoms with E-state index in [9.17, 15) is 0 Å². The van der Waals surface area contributed by atoms with E-state index in [-0.39, 0.29) is 0 Å². The van der Waals surface area contributed by atoms with E-state index in [1.807, 2.05) is 0 Å². The molecule has 2 heteroatoms. The first-order valence-corrected chi connectivity index (χ1v) is 4.42. The monoisotopic (exact) mass is 158 g/mol. The standard InChI is InChI=1S/C9H18O2/c1-9(8-11-10-2)6-4-3-5-7-9/h3-8H2,1-2H3. The summed E-state index contributed by atoms with van der Waals surface area (Å²) in [5.74, 6) is 0. The van der Waals surface area contributed by atoms with Gasteiger partial charge in [-0.05, 0) is 18.3 Å². The highest BCUT2D eigenvalue weighted by molar-refractivity contribution is 4.77. The molecule has 1 fully saturated rings.